The molecular formula is C23H29FN6O. The van der Waals surface area contributed by atoms with Gasteiger partial charge in [0.05, 0.1) is 19.7 Å². The lowest BCUT2D eigenvalue weighted by molar-refractivity contribution is 0.386. The second-order valence-electron chi connectivity index (χ2n) is 7.13. The summed E-state index contributed by atoms with van der Waals surface area (Å²) in [7, 11) is 1.46. The minimum absolute atomic E-state index is 0.149. The van der Waals surface area contributed by atoms with Gasteiger partial charge in [0.2, 0.25) is 0 Å². The molecule has 0 aliphatic carbocycles. The third-order valence-electron chi connectivity index (χ3n) is 4.95. The van der Waals surface area contributed by atoms with Gasteiger partial charge in [0.1, 0.15) is 12.2 Å². The molecule has 0 amide bonds. The van der Waals surface area contributed by atoms with Gasteiger partial charge in [-0.15, -0.1) is 10.2 Å². The zero-order chi connectivity index (χ0) is 22.1. The number of hydrogen-bond acceptors (Lipinski definition) is 4. The van der Waals surface area contributed by atoms with Crippen molar-refractivity contribution in [3.8, 4) is 5.75 Å². The number of guanidine groups is 1. The standard InChI is InChI=1S/C23H29FN6O/c1-4-22-29-27-16-30(22)13-12-25-23(26-15-18-8-6-5-7-9-18)28-17(2)19-10-11-21(31-3)20(24)14-19/h5-11,14,16-17H,4,12-13,15H2,1-3H3,(H2,25,26,28). The van der Waals surface area contributed by atoms with Crippen LogP contribution in [0.25, 0.3) is 0 Å². The van der Waals surface area contributed by atoms with Crippen LogP contribution in [0.1, 0.15) is 36.8 Å². The molecule has 0 aliphatic heterocycles. The number of methoxy groups -OCH3 is 1. The van der Waals surface area contributed by atoms with Gasteiger partial charge in [-0.3, -0.25) is 0 Å². The fourth-order valence-electron chi connectivity index (χ4n) is 3.18. The van der Waals surface area contributed by atoms with Gasteiger partial charge in [0.25, 0.3) is 0 Å². The molecule has 31 heavy (non-hydrogen) atoms. The minimum Gasteiger partial charge on any atom is -0.494 e. The molecule has 0 spiro atoms. The lowest BCUT2D eigenvalue weighted by atomic mass is 10.1. The summed E-state index contributed by atoms with van der Waals surface area (Å²) in [5, 5.41) is 14.8. The lowest BCUT2D eigenvalue weighted by Crippen LogP contribution is -2.40. The van der Waals surface area contributed by atoms with Crippen LogP contribution in [-0.4, -0.2) is 34.4 Å². The van der Waals surface area contributed by atoms with E-state index in [9.17, 15) is 4.39 Å². The highest BCUT2D eigenvalue weighted by Gasteiger charge is 2.12. The molecule has 3 aromatic rings. The highest BCUT2D eigenvalue weighted by atomic mass is 19.1. The molecular weight excluding hydrogens is 395 g/mol. The van der Waals surface area contributed by atoms with Crippen molar-refractivity contribution in [3.63, 3.8) is 0 Å². The normalized spacial score (nSPS) is 12.5. The molecule has 2 N–H and O–H groups in total. The van der Waals surface area contributed by atoms with Gasteiger partial charge >= 0.3 is 0 Å². The number of halogens is 1. The summed E-state index contributed by atoms with van der Waals surface area (Å²) in [4.78, 5) is 4.71. The van der Waals surface area contributed by atoms with Crippen molar-refractivity contribution < 1.29 is 9.13 Å². The average molecular weight is 425 g/mol. The molecule has 3 rings (SSSR count). The van der Waals surface area contributed by atoms with E-state index in [2.05, 4.69) is 27.8 Å². The van der Waals surface area contributed by atoms with Gasteiger partial charge in [-0.2, -0.15) is 0 Å². The van der Waals surface area contributed by atoms with E-state index < -0.39 is 0 Å². The summed E-state index contributed by atoms with van der Waals surface area (Å²) >= 11 is 0. The van der Waals surface area contributed by atoms with Gasteiger partial charge in [-0.1, -0.05) is 43.3 Å². The molecule has 8 heteroatoms. The summed E-state index contributed by atoms with van der Waals surface area (Å²) in [6, 6.07) is 14.9. The maximum absolute atomic E-state index is 14.1. The van der Waals surface area contributed by atoms with E-state index in [4.69, 9.17) is 9.73 Å². The Hall–Kier alpha value is -3.42. The molecule has 1 aromatic heterocycles. The van der Waals surface area contributed by atoms with Crippen molar-refractivity contribution in [1.29, 1.82) is 0 Å². The van der Waals surface area contributed by atoms with Gasteiger partial charge in [-0.25, -0.2) is 9.38 Å². The van der Waals surface area contributed by atoms with E-state index in [-0.39, 0.29) is 17.6 Å². The van der Waals surface area contributed by atoms with Crippen molar-refractivity contribution in [2.45, 2.75) is 39.4 Å². The van der Waals surface area contributed by atoms with E-state index >= 15 is 0 Å². The van der Waals surface area contributed by atoms with Crippen molar-refractivity contribution in [2.24, 2.45) is 4.99 Å². The Bertz CT molecular complexity index is 989. The van der Waals surface area contributed by atoms with Crippen LogP contribution in [-0.2, 0) is 19.5 Å². The maximum atomic E-state index is 14.1. The van der Waals surface area contributed by atoms with Gasteiger partial charge in [0.15, 0.2) is 17.5 Å². The number of aryl methyl sites for hydroxylation is 1. The molecule has 1 atom stereocenters. The molecule has 0 radical (unpaired) electrons. The first-order chi connectivity index (χ1) is 15.1. The Morgan fingerprint density at radius 2 is 2.03 bits per heavy atom. The van der Waals surface area contributed by atoms with Gasteiger partial charge in [0, 0.05) is 19.5 Å². The van der Waals surface area contributed by atoms with Gasteiger partial charge < -0.3 is 19.9 Å². The molecule has 7 nitrogen and oxygen atoms in total. The zero-order valence-corrected chi connectivity index (χ0v) is 18.2. The zero-order valence-electron chi connectivity index (χ0n) is 18.2. The van der Waals surface area contributed by atoms with Crippen molar-refractivity contribution in [3.05, 3.63) is 77.6 Å². The van der Waals surface area contributed by atoms with E-state index in [0.717, 1.165) is 23.4 Å². The second kappa shape index (κ2) is 11.1. The largest absolute Gasteiger partial charge is 0.494 e. The number of benzene rings is 2. The number of nitrogens with one attached hydrogen (secondary N) is 2. The molecule has 0 aliphatic rings. The quantitative estimate of drug-likeness (QED) is 0.406. The lowest BCUT2D eigenvalue weighted by Gasteiger charge is -2.19. The monoisotopic (exact) mass is 424 g/mol. The molecule has 0 bridgehead atoms. The van der Waals surface area contributed by atoms with Crippen LogP contribution in [0.5, 0.6) is 5.75 Å². The van der Waals surface area contributed by atoms with E-state index in [1.54, 1.807) is 12.4 Å². The SMILES string of the molecule is CCc1nncn1CCNC(=NCc1ccccc1)NC(C)c1ccc(OC)c(F)c1. The first kappa shape index (κ1) is 22.3. The molecule has 0 saturated heterocycles. The summed E-state index contributed by atoms with van der Waals surface area (Å²) in [6.07, 6.45) is 2.56. The Morgan fingerprint density at radius 3 is 2.74 bits per heavy atom. The van der Waals surface area contributed by atoms with Crippen molar-refractivity contribution >= 4 is 5.96 Å². The van der Waals surface area contributed by atoms with E-state index in [0.29, 0.717) is 25.6 Å². The topological polar surface area (TPSA) is 76.4 Å². The van der Waals surface area contributed by atoms with Crippen LogP contribution >= 0.6 is 0 Å². The summed E-state index contributed by atoms with van der Waals surface area (Å²) in [5.74, 6) is 1.44. The van der Waals surface area contributed by atoms with Crippen LogP contribution in [0.2, 0.25) is 0 Å². The molecule has 0 fully saturated rings. The van der Waals surface area contributed by atoms with Crippen LogP contribution in [0.4, 0.5) is 4.39 Å². The van der Waals surface area contributed by atoms with Crippen LogP contribution in [0.15, 0.2) is 59.9 Å². The minimum atomic E-state index is -0.385. The van der Waals surface area contributed by atoms with Crippen molar-refractivity contribution in [2.75, 3.05) is 13.7 Å². The maximum Gasteiger partial charge on any atom is 0.192 e. The number of aliphatic imine (C=N–C) groups is 1. The van der Waals surface area contributed by atoms with Crippen molar-refractivity contribution in [1.82, 2.24) is 25.4 Å². The molecule has 1 unspecified atom stereocenters. The van der Waals surface area contributed by atoms with E-state index in [1.165, 1.54) is 13.2 Å². The number of rotatable bonds is 9. The van der Waals surface area contributed by atoms with Crippen LogP contribution in [0, 0.1) is 5.82 Å². The summed E-state index contributed by atoms with van der Waals surface area (Å²) < 4.78 is 21.2. The highest BCUT2D eigenvalue weighted by molar-refractivity contribution is 5.80. The average Bonchev–Trinajstić information content (AvgIpc) is 3.25. The van der Waals surface area contributed by atoms with Crippen LogP contribution < -0.4 is 15.4 Å². The molecule has 164 valence electrons. The second-order valence-corrected chi connectivity index (χ2v) is 7.13. The predicted octanol–water partition coefficient (Wildman–Crippen LogP) is 3.48. The Balaban J connectivity index is 1.69. The fourth-order valence-corrected chi connectivity index (χ4v) is 3.18. The number of nitrogens with zero attached hydrogens (tertiary/aromatic N) is 4. The predicted molar refractivity (Wildman–Crippen MR) is 119 cm³/mol. The Labute approximate surface area is 182 Å². The molecule has 2 aromatic carbocycles. The third-order valence-corrected chi connectivity index (χ3v) is 4.95. The highest BCUT2D eigenvalue weighted by Crippen LogP contribution is 2.21. The van der Waals surface area contributed by atoms with E-state index in [1.807, 2.05) is 47.9 Å². The fraction of sp³-hybridized carbons (Fsp3) is 0.348. The third kappa shape index (κ3) is 6.28. The summed E-state index contributed by atoms with van der Waals surface area (Å²) in [6.45, 7) is 5.92. The number of ether oxygens (including phenoxy) is 1. The smallest absolute Gasteiger partial charge is 0.192 e. The summed E-state index contributed by atoms with van der Waals surface area (Å²) in [5.41, 5.74) is 1.92. The Kier molecular flexibility index (Phi) is 7.98. The molecule has 1 heterocycles. The molecule has 0 saturated carbocycles. The first-order valence-corrected chi connectivity index (χ1v) is 10.4. The first-order valence-electron chi connectivity index (χ1n) is 10.4. The Morgan fingerprint density at radius 1 is 1.23 bits per heavy atom. The van der Waals surface area contributed by atoms with Crippen LogP contribution in [0.3, 0.4) is 0 Å². The van der Waals surface area contributed by atoms with Gasteiger partial charge in [-0.05, 0) is 30.2 Å². The number of aromatic nitrogens is 3. The number of hydrogen-bond donors (Lipinski definition) is 2.